The Morgan fingerprint density at radius 3 is 2.92 bits per heavy atom. The van der Waals surface area contributed by atoms with Gasteiger partial charge in [-0.3, -0.25) is 19.1 Å². The molecule has 4 rings (SSSR count). The Hall–Kier alpha value is -2.61. The lowest BCUT2D eigenvalue weighted by Crippen LogP contribution is -2.64. The second-order valence-electron chi connectivity index (χ2n) is 6.20. The van der Waals surface area contributed by atoms with Crippen LogP contribution in [0.5, 0.6) is 0 Å². The molecule has 0 radical (unpaired) electrons. The van der Waals surface area contributed by atoms with Crippen molar-refractivity contribution in [3.8, 4) is 0 Å². The van der Waals surface area contributed by atoms with E-state index in [4.69, 9.17) is 4.42 Å². The fourth-order valence-corrected chi connectivity index (χ4v) is 3.40. The average Bonchev–Trinajstić information content (AvgIpc) is 2.88. The first-order valence-corrected chi connectivity index (χ1v) is 7.95. The van der Waals surface area contributed by atoms with Gasteiger partial charge in [-0.05, 0) is 18.2 Å². The van der Waals surface area contributed by atoms with Gasteiger partial charge < -0.3 is 14.6 Å². The summed E-state index contributed by atoms with van der Waals surface area (Å²) in [5.74, 6) is -0.614. The van der Waals surface area contributed by atoms with Crippen molar-refractivity contribution in [2.24, 2.45) is 7.05 Å². The number of aromatic nitrogens is 1. The van der Waals surface area contributed by atoms with Crippen molar-refractivity contribution >= 4 is 22.9 Å². The number of nitrogens with one attached hydrogen (secondary N) is 1. The number of amides is 2. The van der Waals surface area contributed by atoms with E-state index in [1.807, 2.05) is 0 Å². The number of carbonyl (C=O) groups is 2. The molecule has 2 saturated heterocycles. The highest BCUT2D eigenvalue weighted by atomic mass is 16.4. The number of hydrogen-bond acceptors (Lipinski definition) is 5. The molecule has 8 nitrogen and oxygen atoms in total. The summed E-state index contributed by atoms with van der Waals surface area (Å²) in [5.41, 5.74) is 1.53. The first kappa shape index (κ1) is 14.9. The van der Waals surface area contributed by atoms with Crippen LogP contribution in [0.3, 0.4) is 0 Å². The van der Waals surface area contributed by atoms with Crippen LogP contribution < -0.4 is 11.1 Å². The largest absolute Gasteiger partial charge is 0.419 e. The van der Waals surface area contributed by atoms with Crippen LogP contribution in [0.25, 0.3) is 11.1 Å². The molecule has 0 saturated carbocycles. The summed E-state index contributed by atoms with van der Waals surface area (Å²) in [7, 11) is 1.60. The van der Waals surface area contributed by atoms with Crippen molar-refractivity contribution in [1.82, 2.24) is 19.7 Å². The summed E-state index contributed by atoms with van der Waals surface area (Å²) < 4.78 is 6.46. The van der Waals surface area contributed by atoms with Crippen LogP contribution in [-0.4, -0.2) is 64.9 Å². The molecule has 2 aromatic rings. The lowest BCUT2D eigenvalue weighted by Gasteiger charge is -2.43. The van der Waals surface area contributed by atoms with Gasteiger partial charge in [0.15, 0.2) is 5.58 Å². The number of nitrogens with zero attached hydrogens (tertiary/aromatic N) is 3. The van der Waals surface area contributed by atoms with E-state index < -0.39 is 5.76 Å². The molecule has 8 heteroatoms. The maximum Gasteiger partial charge on any atom is 0.419 e. The molecule has 126 valence electrons. The van der Waals surface area contributed by atoms with Crippen LogP contribution in [0.4, 0.5) is 0 Å². The second-order valence-corrected chi connectivity index (χ2v) is 6.20. The smallest absolute Gasteiger partial charge is 0.408 e. The maximum atomic E-state index is 12.8. The Morgan fingerprint density at radius 2 is 2.08 bits per heavy atom. The average molecular weight is 330 g/mol. The molecule has 2 amide bonds. The first-order valence-electron chi connectivity index (χ1n) is 7.95. The molecule has 24 heavy (non-hydrogen) atoms. The van der Waals surface area contributed by atoms with E-state index in [2.05, 4.69) is 10.2 Å². The molecule has 1 N–H and O–H groups in total. The summed E-state index contributed by atoms with van der Waals surface area (Å²) in [5, 5.41) is 2.85. The monoisotopic (exact) mass is 330 g/mol. The third-order valence-corrected chi connectivity index (χ3v) is 4.82. The maximum absolute atomic E-state index is 12.8. The molecule has 1 unspecified atom stereocenters. The minimum atomic E-state index is -0.456. The van der Waals surface area contributed by atoms with Gasteiger partial charge in [-0.1, -0.05) is 0 Å². The third kappa shape index (κ3) is 2.30. The lowest BCUT2D eigenvalue weighted by molar-refractivity contribution is -0.131. The van der Waals surface area contributed by atoms with E-state index in [1.165, 1.54) is 4.57 Å². The van der Waals surface area contributed by atoms with E-state index in [0.717, 1.165) is 6.54 Å². The van der Waals surface area contributed by atoms with Gasteiger partial charge >= 0.3 is 5.76 Å². The Labute approximate surface area is 137 Å². The summed E-state index contributed by atoms with van der Waals surface area (Å²) in [6, 6.07) is 4.67. The quantitative estimate of drug-likeness (QED) is 0.753. The minimum Gasteiger partial charge on any atom is -0.408 e. The highest BCUT2D eigenvalue weighted by Crippen LogP contribution is 2.19. The number of aryl methyl sites for hydroxylation is 1. The number of fused-ring (bicyclic) bond motifs is 2. The molecule has 0 aliphatic carbocycles. The molecule has 3 heterocycles. The topological polar surface area (TPSA) is 87.8 Å². The molecule has 1 aromatic heterocycles. The standard InChI is InChI=1S/C16H18N4O4/c1-18-11-8-10(2-3-13(11)24-16(18)23)15(22)20-7-6-19-5-4-17-14(21)12(19)9-20/h2-3,8,12H,4-7,9H2,1H3,(H,17,21). The van der Waals surface area contributed by atoms with Crippen LogP contribution in [-0.2, 0) is 11.8 Å². The van der Waals surface area contributed by atoms with Gasteiger partial charge in [-0.2, -0.15) is 0 Å². The number of piperazine rings is 2. The predicted molar refractivity (Wildman–Crippen MR) is 85.7 cm³/mol. The number of oxazole rings is 1. The second kappa shape index (κ2) is 5.48. The van der Waals surface area contributed by atoms with Crippen LogP contribution in [0.2, 0.25) is 0 Å². The van der Waals surface area contributed by atoms with Gasteiger partial charge in [0.2, 0.25) is 5.91 Å². The van der Waals surface area contributed by atoms with E-state index in [9.17, 15) is 14.4 Å². The number of hydrogen-bond donors (Lipinski definition) is 1. The van der Waals surface area contributed by atoms with Crippen molar-refractivity contribution in [2.75, 3.05) is 32.7 Å². The van der Waals surface area contributed by atoms with E-state index in [0.29, 0.717) is 42.8 Å². The Bertz CT molecular complexity index is 884. The molecule has 2 fully saturated rings. The van der Waals surface area contributed by atoms with Crippen LogP contribution in [0.15, 0.2) is 27.4 Å². The number of carbonyl (C=O) groups excluding carboxylic acids is 2. The van der Waals surface area contributed by atoms with Crippen LogP contribution in [0, 0.1) is 0 Å². The van der Waals surface area contributed by atoms with E-state index in [1.54, 1.807) is 30.1 Å². The molecular formula is C16H18N4O4. The highest BCUT2D eigenvalue weighted by molar-refractivity contribution is 5.97. The minimum absolute atomic E-state index is 0.0218. The lowest BCUT2D eigenvalue weighted by atomic mass is 10.1. The molecular weight excluding hydrogens is 312 g/mol. The highest BCUT2D eigenvalue weighted by Gasteiger charge is 2.36. The van der Waals surface area contributed by atoms with Gasteiger partial charge in [0, 0.05) is 45.3 Å². The van der Waals surface area contributed by atoms with Gasteiger partial charge in [0.25, 0.3) is 5.91 Å². The van der Waals surface area contributed by atoms with Crippen molar-refractivity contribution in [1.29, 1.82) is 0 Å². The molecule has 0 spiro atoms. The fourth-order valence-electron chi connectivity index (χ4n) is 3.40. The summed E-state index contributed by atoms with van der Waals surface area (Å²) in [6.07, 6.45) is 0. The Balaban J connectivity index is 1.60. The molecule has 2 aliphatic rings. The van der Waals surface area contributed by atoms with Crippen molar-refractivity contribution in [3.63, 3.8) is 0 Å². The number of benzene rings is 1. The van der Waals surface area contributed by atoms with Gasteiger partial charge in [0.05, 0.1) is 5.52 Å². The van der Waals surface area contributed by atoms with E-state index >= 15 is 0 Å². The van der Waals surface area contributed by atoms with Gasteiger partial charge in [0.1, 0.15) is 6.04 Å². The fraction of sp³-hybridized carbons (Fsp3) is 0.438. The predicted octanol–water partition coefficient (Wildman–Crippen LogP) is -0.612. The van der Waals surface area contributed by atoms with Crippen molar-refractivity contribution in [3.05, 3.63) is 34.3 Å². The zero-order valence-corrected chi connectivity index (χ0v) is 13.3. The van der Waals surface area contributed by atoms with Gasteiger partial charge in [-0.25, -0.2) is 4.79 Å². The number of rotatable bonds is 1. The summed E-state index contributed by atoms with van der Waals surface area (Å²) in [6.45, 7) is 3.14. The zero-order valence-electron chi connectivity index (χ0n) is 13.3. The zero-order chi connectivity index (χ0) is 16.8. The Kier molecular flexibility index (Phi) is 3.42. The molecule has 1 aromatic carbocycles. The van der Waals surface area contributed by atoms with Crippen molar-refractivity contribution < 1.29 is 14.0 Å². The van der Waals surface area contributed by atoms with E-state index in [-0.39, 0.29) is 17.9 Å². The molecule has 2 aliphatic heterocycles. The summed E-state index contributed by atoms with van der Waals surface area (Å²) in [4.78, 5) is 40.2. The molecule has 0 bridgehead atoms. The third-order valence-electron chi connectivity index (χ3n) is 4.82. The summed E-state index contributed by atoms with van der Waals surface area (Å²) >= 11 is 0. The van der Waals surface area contributed by atoms with Crippen LogP contribution >= 0.6 is 0 Å². The van der Waals surface area contributed by atoms with Gasteiger partial charge in [-0.15, -0.1) is 0 Å². The Morgan fingerprint density at radius 1 is 1.25 bits per heavy atom. The normalized spacial score (nSPS) is 21.6. The SMILES string of the molecule is Cn1c(=O)oc2ccc(C(=O)N3CCN4CCNC(=O)C4C3)cc21. The van der Waals surface area contributed by atoms with Crippen molar-refractivity contribution in [2.45, 2.75) is 6.04 Å². The van der Waals surface area contributed by atoms with Crippen LogP contribution in [0.1, 0.15) is 10.4 Å². The molecule has 1 atom stereocenters. The first-order chi connectivity index (χ1) is 11.5.